The molecule has 10 atom stereocenters. The molecule has 0 aliphatic carbocycles. The minimum absolute atomic E-state index is 0.0619. The Morgan fingerprint density at radius 3 is 1.87 bits per heavy atom. The number of nitrogens with two attached hydrogens (primary N) is 2. The van der Waals surface area contributed by atoms with Gasteiger partial charge in [0.1, 0.15) is 36.4 Å². The number of unbranched alkanes of at least 4 members (excludes halogenated alkanes) is 13. The van der Waals surface area contributed by atoms with Crippen molar-refractivity contribution < 1.29 is 72.1 Å². The number of aliphatic hydroxyl groups is 2. The molecule has 1 heterocycles. The molecule has 1 fully saturated rings. The number of carbonyl (C=O) groups excluding carboxylic acids is 5. The first kappa shape index (κ1) is 56.7. The molecule has 1 aliphatic rings. The van der Waals surface area contributed by atoms with Crippen molar-refractivity contribution in [2.45, 2.75) is 192 Å². The highest BCUT2D eigenvalue weighted by Gasteiger charge is 2.49. The molecule has 11 N–H and O–H groups in total. The zero-order valence-electron chi connectivity index (χ0n) is 37.2. The van der Waals surface area contributed by atoms with Crippen molar-refractivity contribution in [3.8, 4) is 0 Å². The summed E-state index contributed by atoms with van der Waals surface area (Å²) in [7, 11) is -4.33. The largest absolute Gasteiger partial charge is 0.479 e. The number of carboxylic acids is 1. The van der Waals surface area contributed by atoms with Gasteiger partial charge in [0.05, 0.1) is 25.9 Å². The lowest BCUT2D eigenvalue weighted by molar-refractivity contribution is -0.245. The number of hydrogen-bond acceptors (Lipinski definition) is 14. The van der Waals surface area contributed by atoms with E-state index in [-0.39, 0.29) is 32.6 Å². The van der Waals surface area contributed by atoms with Gasteiger partial charge in [0.15, 0.2) is 12.3 Å². The lowest BCUT2D eigenvalue weighted by Gasteiger charge is -2.48. The highest BCUT2D eigenvalue weighted by atomic mass is 31.2. The van der Waals surface area contributed by atoms with E-state index in [9.17, 15) is 53.5 Å². The summed E-state index contributed by atoms with van der Waals surface area (Å²) in [6, 6.07) is -5.32. The minimum atomic E-state index is -4.33. The number of carboxylic acid groups (broad SMARTS) is 1. The van der Waals surface area contributed by atoms with Crippen LogP contribution in [0.15, 0.2) is 0 Å². The van der Waals surface area contributed by atoms with Crippen LogP contribution in [0.3, 0.4) is 0 Å². The van der Waals surface area contributed by atoms with E-state index >= 15 is 0 Å². The summed E-state index contributed by atoms with van der Waals surface area (Å²) in [5, 5.41) is 37.0. The number of phosphoric ester groups is 1. The van der Waals surface area contributed by atoms with E-state index in [2.05, 4.69) is 22.9 Å². The maximum absolute atomic E-state index is 13.4. The number of aliphatic hydroxyl groups excluding tert-OH is 2. The van der Waals surface area contributed by atoms with E-state index in [0.29, 0.717) is 6.42 Å². The number of carbonyl (C=O) groups is 6. The van der Waals surface area contributed by atoms with Gasteiger partial charge in [-0.15, -0.1) is 0 Å². The summed E-state index contributed by atoms with van der Waals surface area (Å²) < 4.78 is 33.3. The number of phosphoric acid groups is 1. The Balaban J connectivity index is 2.48. The van der Waals surface area contributed by atoms with Crippen LogP contribution < -0.4 is 27.4 Å². The number of nitrogens with one attached hydrogen (secondary N) is 3. The van der Waals surface area contributed by atoms with Crippen LogP contribution in [0.4, 0.5) is 0 Å². The number of rotatable bonds is 34. The van der Waals surface area contributed by atoms with Gasteiger partial charge in [0.2, 0.25) is 29.5 Å². The Hall–Kier alpha value is -3.27. The molecule has 0 spiro atoms. The van der Waals surface area contributed by atoms with Crippen LogP contribution >= 0.6 is 7.82 Å². The van der Waals surface area contributed by atoms with E-state index in [4.69, 9.17) is 30.0 Å². The van der Waals surface area contributed by atoms with Crippen LogP contribution in [-0.2, 0) is 51.9 Å². The van der Waals surface area contributed by atoms with Gasteiger partial charge in [-0.1, -0.05) is 90.4 Å². The van der Waals surface area contributed by atoms with Gasteiger partial charge in [0.25, 0.3) is 0 Å². The third-order valence-electron chi connectivity index (χ3n) is 10.6. The maximum Gasteiger partial charge on any atom is 0.472 e. The Kier molecular flexibility index (Phi) is 28.1. The molecule has 0 radical (unpaired) electrons. The standard InChI is InChI=1S/C40H75N6O15P/c1-6-7-8-9-10-11-12-13-14-15-16-17-18-19-23-58-62(56,57)59-24-22-43-37(52)26(2)44-32(49)21-20-30(36(42)51)45-38(53)27(3)46(29(5)48)39-33(41)35(60-28(4)40(54)55)34(50)31(25-47)61-39/h26-28,30-31,33-35,39,47,50H,6-25,41H2,1-5H3,(H2,42,51)(H,43,52)(H,44,49)(H,45,53)(H,54,55)(H,56,57)/t26-,27-,28+,30+,31+,33+,34+,35+,39?/m0/s1. The van der Waals surface area contributed by atoms with Crippen LogP contribution in [0.2, 0.25) is 0 Å². The Morgan fingerprint density at radius 1 is 0.839 bits per heavy atom. The van der Waals surface area contributed by atoms with Crippen molar-refractivity contribution in [1.82, 2.24) is 20.9 Å². The molecule has 0 aromatic carbocycles. The number of amides is 5. The molecular weight excluding hydrogens is 835 g/mol. The second-order valence-corrected chi connectivity index (χ2v) is 17.3. The van der Waals surface area contributed by atoms with Crippen LogP contribution in [0.25, 0.3) is 0 Å². The van der Waals surface area contributed by atoms with Crippen LogP contribution in [0.5, 0.6) is 0 Å². The second-order valence-electron chi connectivity index (χ2n) is 15.8. The monoisotopic (exact) mass is 911 g/mol. The molecule has 1 saturated heterocycles. The first-order chi connectivity index (χ1) is 29.3. The van der Waals surface area contributed by atoms with Crippen molar-refractivity contribution in [3.63, 3.8) is 0 Å². The predicted molar refractivity (Wildman–Crippen MR) is 227 cm³/mol. The van der Waals surface area contributed by atoms with Crippen molar-refractivity contribution in [3.05, 3.63) is 0 Å². The first-order valence-corrected chi connectivity index (χ1v) is 23.4. The topological polar surface area (TPSA) is 329 Å². The molecule has 21 nitrogen and oxygen atoms in total. The SMILES string of the molecule is CCCCCCCCCCCCCCCCOP(=O)(O)OCCNC(=O)[C@H](C)NC(=O)CC[C@@H](NC(=O)[C@H](C)N(C(C)=O)C1O[C@H](CO)[C@@H](O)[C@H](O[C@H](C)C(=O)O)[C@H]1N)C(N)=O. The molecule has 1 aliphatic heterocycles. The molecule has 0 saturated carbocycles. The molecule has 62 heavy (non-hydrogen) atoms. The first-order valence-electron chi connectivity index (χ1n) is 21.9. The molecule has 0 aromatic rings. The highest BCUT2D eigenvalue weighted by molar-refractivity contribution is 7.47. The van der Waals surface area contributed by atoms with Gasteiger partial charge in [-0.3, -0.25) is 33.0 Å². The number of nitrogens with zero attached hydrogens (tertiary/aromatic N) is 1. The lowest BCUT2D eigenvalue weighted by atomic mass is 9.94. The fourth-order valence-corrected chi connectivity index (χ4v) is 7.61. The zero-order chi connectivity index (χ0) is 46.8. The molecule has 0 aromatic heterocycles. The normalized spacial score (nSPS) is 21.7. The Morgan fingerprint density at radius 2 is 1.37 bits per heavy atom. The van der Waals surface area contributed by atoms with Crippen LogP contribution in [-0.4, -0.2) is 142 Å². The fourth-order valence-electron chi connectivity index (χ4n) is 6.85. The highest BCUT2D eigenvalue weighted by Crippen LogP contribution is 2.43. The lowest BCUT2D eigenvalue weighted by Crippen LogP contribution is -2.70. The number of hydrogen-bond donors (Lipinski definition) is 9. The Labute approximate surface area is 365 Å². The summed E-state index contributed by atoms with van der Waals surface area (Å²) in [6.07, 6.45) is 8.43. The van der Waals surface area contributed by atoms with Gasteiger partial charge in [-0.2, -0.15) is 0 Å². The predicted octanol–water partition coefficient (Wildman–Crippen LogP) is 1.47. The van der Waals surface area contributed by atoms with Crippen molar-refractivity contribution >= 4 is 43.3 Å². The average Bonchev–Trinajstić information content (AvgIpc) is 3.21. The van der Waals surface area contributed by atoms with E-state index in [1.807, 2.05) is 0 Å². The summed E-state index contributed by atoms with van der Waals surface area (Å²) in [5.41, 5.74) is 11.8. The summed E-state index contributed by atoms with van der Waals surface area (Å²) >= 11 is 0. The zero-order valence-corrected chi connectivity index (χ0v) is 38.1. The second kappa shape index (κ2) is 30.8. The van der Waals surface area contributed by atoms with Crippen molar-refractivity contribution in [1.29, 1.82) is 0 Å². The van der Waals surface area contributed by atoms with Crippen molar-refractivity contribution in [2.75, 3.05) is 26.4 Å². The molecule has 1 rings (SSSR count). The average molecular weight is 911 g/mol. The number of aliphatic carboxylic acids is 1. The third-order valence-corrected chi connectivity index (χ3v) is 11.6. The smallest absolute Gasteiger partial charge is 0.472 e. The number of primary amides is 1. The molecule has 22 heteroatoms. The van der Waals surface area contributed by atoms with E-state index < -0.39 is 105 Å². The Bertz CT molecular complexity index is 1430. The quantitative estimate of drug-likeness (QED) is 0.0326. The molecule has 2 unspecified atom stereocenters. The summed E-state index contributed by atoms with van der Waals surface area (Å²) in [5.74, 6) is -5.40. The summed E-state index contributed by atoms with van der Waals surface area (Å²) in [4.78, 5) is 85.9. The molecule has 5 amide bonds. The fraction of sp³-hybridized carbons (Fsp3) is 0.850. The van der Waals surface area contributed by atoms with Gasteiger partial charge >= 0.3 is 13.8 Å². The maximum atomic E-state index is 13.4. The van der Waals surface area contributed by atoms with Gasteiger partial charge < -0.3 is 62.0 Å². The van der Waals surface area contributed by atoms with Gasteiger partial charge in [0, 0.05) is 19.9 Å². The van der Waals surface area contributed by atoms with E-state index in [1.165, 1.54) is 85.0 Å². The van der Waals surface area contributed by atoms with Crippen LogP contribution in [0, 0.1) is 0 Å². The van der Waals surface area contributed by atoms with E-state index in [0.717, 1.165) is 31.1 Å². The van der Waals surface area contributed by atoms with Crippen LogP contribution in [0.1, 0.15) is 137 Å². The van der Waals surface area contributed by atoms with Crippen molar-refractivity contribution in [2.24, 2.45) is 11.5 Å². The summed E-state index contributed by atoms with van der Waals surface area (Å²) in [6.45, 7) is 5.93. The third kappa shape index (κ3) is 21.9. The minimum Gasteiger partial charge on any atom is -0.479 e. The van der Waals surface area contributed by atoms with Gasteiger partial charge in [-0.25, -0.2) is 9.36 Å². The molecule has 360 valence electrons. The van der Waals surface area contributed by atoms with Gasteiger partial charge in [-0.05, 0) is 33.6 Å². The van der Waals surface area contributed by atoms with E-state index in [1.54, 1.807) is 0 Å². The molecule has 0 bridgehead atoms. The number of ether oxygens (including phenoxy) is 2. The molecular formula is C40H75N6O15P.